The fourth-order valence-electron chi connectivity index (χ4n) is 3.15. The third-order valence-electron chi connectivity index (χ3n) is 4.54. The molecule has 25 heavy (non-hydrogen) atoms. The summed E-state index contributed by atoms with van der Waals surface area (Å²) in [6.45, 7) is 3.70. The Hall–Kier alpha value is -2.60. The fourth-order valence-corrected chi connectivity index (χ4v) is 3.15. The maximum absolute atomic E-state index is 4.68. The third-order valence-corrected chi connectivity index (χ3v) is 4.54. The van der Waals surface area contributed by atoms with Crippen LogP contribution in [0.4, 0.5) is 0 Å². The van der Waals surface area contributed by atoms with Crippen molar-refractivity contribution in [3.63, 3.8) is 0 Å². The molecule has 3 heterocycles. The molecule has 1 aromatic carbocycles. The minimum atomic E-state index is 0.397. The van der Waals surface area contributed by atoms with Crippen molar-refractivity contribution >= 4 is 0 Å². The van der Waals surface area contributed by atoms with Gasteiger partial charge in [0.05, 0.1) is 12.2 Å². The topological polar surface area (TPSA) is 68.5 Å². The summed E-state index contributed by atoms with van der Waals surface area (Å²) in [6.07, 6.45) is 4.78. The van der Waals surface area contributed by atoms with Crippen LogP contribution in [0.25, 0.3) is 11.4 Å². The molecule has 0 fully saturated rings. The Labute approximate surface area is 147 Å². The summed E-state index contributed by atoms with van der Waals surface area (Å²) in [5.74, 6) is 2.83. The predicted octanol–water partition coefficient (Wildman–Crippen LogP) is 2.40. The molecule has 0 aliphatic carbocycles. The number of rotatable bonds is 5. The first kappa shape index (κ1) is 15.9. The molecule has 0 saturated heterocycles. The highest BCUT2D eigenvalue weighted by atomic mass is 15.4. The van der Waals surface area contributed by atoms with Gasteiger partial charge in [0.25, 0.3) is 0 Å². The van der Waals surface area contributed by atoms with E-state index in [-0.39, 0.29) is 0 Å². The minimum absolute atomic E-state index is 0.397. The molecule has 0 spiro atoms. The van der Waals surface area contributed by atoms with Crippen molar-refractivity contribution in [1.82, 2.24) is 30.0 Å². The molecule has 0 amide bonds. The molecule has 0 bridgehead atoms. The third kappa shape index (κ3) is 3.58. The van der Waals surface area contributed by atoms with E-state index in [0.717, 1.165) is 61.1 Å². The molecule has 0 unspecified atom stereocenters. The number of nitrogens with zero attached hydrogens (tertiary/aromatic N) is 5. The van der Waals surface area contributed by atoms with Gasteiger partial charge < -0.3 is 5.32 Å². The maximum Gasteiger partial charge on any atom is 0.159 e. The van der Waals surface area contributed by atoms with Gasteiger partial charge in [-0.15, -0.1) is 0 Å². The zero-order valence-electron chi connectivity index (χ0n) is 14.4. The van der Waals surface area contributed by atoms with Crippen molar-refractivity contribution in [2.24, 2.45) is 0 Å². The predicted molar refractivity (Wildman–Crippen MR) is 95.8 cm³/mol. The highest BCUT2D eigenvalue weighted by molar-refractivity contribution is 5.54. The molecule has 1 atom stereocenters. The molecule has 3 aromatic rings. The normalized spacial score (nSPS) is 16.6. The van der Waals surface area contributed by atoms with Gasteiger partial charge in [0.1, 0.15) is 5.82 Å². The Morgan fingerprint density at radius 3 is 2.88 bits per heavy atom. The summed E-state index contributed by atoms with van der Waals surface area (Å²) >= 11 is 0. The lowest BCUT2D eigenvalue weighted by Crippen LogP contribution is -2.37. The second kappa shape index (κ2) is 7.11. The molecule has 6 nitrogen and oxygen atoms in total. The molecular formula is C19H22N6. The van der Waals surface area contributed by atoms with Crippen LogP contribution in [0.15, 0.2) is 42.6 Å². The molecule has 1 aliphatic heterocycles. The highest BCUT2D eigenvalue weighted by Crippen LogP contribution is 2.15. The molecule has 0 radical (unpaired) electrons. The van der Waals surface area contributed by atoms with Gasteiger partial charge in [0, 0.05) is 37.2 Å². The lowest BCUT2D eigenvalue weighted by atomic mass is 10.1. The smallest absolute Gasteiger partial charge is 0.159 e. The first-order chi connectivity index (χ1) is 12.3. The number of benzene rings is 1. The summed E-state index contributed by atoms with van der Waals surface area (Å²) in [7, 11) is 0. The quantitative estimate of drug-likeness (QED) is 0.776. The van der Waals surface area contributed by atoms with Crippen molar-refractivity contribution < 1.29 is 0 Å². The van der Waals surface area contributed by atoms with Crippen molar-refractivity contribution in [2.45, 2.75) is 45.3 Å². The van der Waals surface area contributed by atoms with Crippen LogP contribution < -0.4 is 5.32 Å². The molecule has 1 aliphatic rings. The van der Waals surface area contributed by atoms with Crippen LogP contribution in [0, 0.1) is 0 Å². The van der Waals surface area contributed by atoms with E-state index in [1.54, 1.807) is 0 Å². The van der Waals surface area contributed by atoms with Crippen molar-refractivity contribution in [2.75, 3.05) is 0 Å². The van der Waals surface area contributed by atoms with E-state index in [1.807, 2.05) is 42.6 Å². The minimum Gasteiger partial charge on any atom is -0.307 e. The average Bonchev–Trinajstić information content (AvgIpc) is 3.10. The van der Waals surface area contributed by atoms with Crippen LogP contribution in [0.5, 0.6) is 0 Å². The Morgan fingerprint density at radius 1 is 1.16 bits per heavy atom. The molecule has 128 valence electrons. The van der Waals surface area contributed by atoms with Crippen LogP contribution in [0.3, 0.4) is 0 Å². The van der Waals surface area contributed by atoms with Crippen LogP contribution >= 0.6 is 0 Å². The standard InChI is InChI=1S/C19H22N6/c1-2-17-23-18-9-8-16(13-25(18)24-17)21-12-15-10-11-20-19(22-15)14-6-4-3-5-7-14/h3-7,10-11,16,21H,2,8-9,12-13H2,1H3/t16-/m1/s1. The Balaban J connectivity index is 1.40. The highest BCUT2D eigenvalue weighted by Gasteiger charge is 2.21. The first-order valence-electron chi connectivity index (χ1n) is 8.85. The summed E-state index contributed by atoms with van der Waals surface area (Å²) in [6, 6.07) is 12.4. The Bertz CT molecular complexity index is 842. The summed E-state index contributed by atoms with van der Waals surface area (Å²) in [5.41, 5.74) is 2.05. The largest absolute Gasteiger partial charge is 0.307 e. The summed E-state index contributed by atoms with van der Waals surface area (Å²) < 4.78 is 2.05. The van der Waals surface area contributed by atoms with Gasteiger partial charge in [-0.2, -0.15) is 5.10 Å². The van der Waals surface area contributed by atoms with Crippen LogP contribution in [0.2, 0.25) is 0 Å². The van der Waals surface area contributed by atoms with Gasteiger partial charge in [-0.1, -0.05) is 37.3 Å². The van der Waals surface area contributed by atoms with Crippen molar-refractivity contribution in [3.8, 4) is 11.4 Å². The average molecular weight is 334 g/mol. The number of hydrogen-bond donors (Lipinski definition) is 1. The first-order valence-corrected chi connectivity index (χ1v) is 8.85. The van der Waals surface area contributed by atoms with E-state index >= 15 is 0 Å². The molecular weight excluding hydrogens is 312 g/mol. The number of aromatic nitrogens is 5. The molecule has 2 aromatic heterocycles. The molecule has 6 heteroatoms. The second-order valence-corrected chi connectivity index (χ2v) is 6.33. The number of nitrogens with one attached hydrogen (secondary N) is 1. The van der Waals surface area contributed by atoms with Crippen molar-refractivity contribution in [3.05, 3.63) is 59.9 Å². The second-order valence-electron chi connectivity index (χ2n) is 6.33. The van der Waals surface area contributed by atoms with Gasteiger partial charge >= 0.3 is 0 Å². The Morgan fingerprint density at radius 2 is 2.04 bits per heavy atom. The molecule has 1 N–H and O–H groups in total. The maximum atomic E-state index is 4.68. The van der Waals surface area contributed by atoms with E-state index < -0.39 is 0 Å². The number of aryl methyl sites for hydroxylation is 2. The molecule has 4 rings (SSSR count). The van der Waals surface area contributed by atoms with Gasteiger partial charge in [0.2, 0.25) is 0 Å². The lowest BCUT2D eigenvalue weighted by Gasteiger charge is -2.23. The van der Waals surface area contributed by atoms with Crippen LogP contribution in [-0.2, 0) is 25.9 Å². The van der Waals surface area contributed by atoms with Gasteiger partial charge in [-0.25, -0.2) is 19.6 Å². The van der Waals surface area contributed by atoms with Crippen molar-refractivity contribution in [1.29, 1.82) is 0 Å². The molecule has 0 saturated carbocycles. The van der Waals surface area contributed by atoms with Gasteiger partial charge in [0.15, 0.2) is 11.6 Å². The van der Waals surface area contributed by atoms with Crippen LogP contribution in [-0.4, -0.2) is 30.8 Å². The zero-order chi connectivity index (χ0) is 17.1. The van der Waals surface area contributed by atoms with Gasteiger partial charge in [-0.05, 0) is 12.5 Å². The van der Waals surface area contributed by atoms with E-state index in [9.17, 15) is 0 Å². The fraction of sp³-hybridized carbons (Fsp3) is 0.368. The zero-order valence-corrected chi connectivity index (χ0v) is 14.4. The van der Waals surface area contributed by atoms with E-state index in [4.69, 9.17) is 0 Å². The number of hydrogen-bond acceptors (Lipinski definition) is 5. The summed E-state index contributed by atoms with van der Waals surface area (Å²) in [5, 5.41) is 8.17. The van der Waals surface area contributed by atoms with Gasteiger partial charge in [-0.3, -0.25) is 0 Å². The monoisotopic (exact) mass is 334 g/mol. The Kier molecular flexibility index (Phi) is 4.52. The van der Waals surface area contributed by atoms with E-state index in [2.05, 4.69) is 37.0 Å². The van der Waals surface area contributed by atoms with Crippen LogP contribution in [0.1, 0.15) is 30.7 Å². The SMILES string of the molecule is CCc1nc2n(n1)C[C@H](NCc1ccnc(-c3ccccc3)n1)CC2. The van der Waals surface area contributed by atoms with E-state index in [0.29, 0.717) is 6.04 Å². The lowest BCUT2D eigenvalue weighted by molar-refractivity contribution is 0.356. The summed E-state index contributed by atoms with van der Waals surface area (Å²) in [4.78, 5) is 13.6. The number of fused-ring (bicyclic) bond motifs is 1. The van der Waals surface area contributed by atoms with E-state index in [1.165, 1.54) is 0 Å².